The van der Waals surface area contributed by atoms with Crippen LogP contribution in [0.3, 0.4) is 0 Å². The number of nitro benzene ring substituents is 1. The summed E-state index contributed by atoms with van der Waals surface area (Å²) in [7, 11) is -3.21. The van der Waals surface area contributed by atoms with Crippen molar-refractivity contribution in [2.24, 2.45) is 0 Å². The van der Waals surface area contributed by atoms with E-state index >= 15 is 0 Å². The number of sulfone groups is 1. The van der Waals surface area contributed by atoms with Crippen molar-refractivity contribution in [1.29, 1.82) is 0 Å². The summed E-state index contributed by atoms with van der Waals surface area (Å²) >= 11 is 7.61. The van der Waals surface area contributed by atoms with Crippen LogP contribution < -0.4 is 0 Å². The van der Waals surface area contributed by atoms with Crippen molar-refractivity contribution < 1.29 is 18.1 Å². The first-order valence-electron chi connectivity index (χ1n) is 8.16. The van der Waals surface area contributed by atoms with Crippen molar-refractivity contribution >= 4 is 44.4 Å². The lowest BCUT2D eigenvalue weighted by atomic mass is 10.1. The van der Waals surface area contributed by atoms with Gasteiger partial charge in [-0.25, -0.2) is 8.42 Å². The summed E-state index contributed by atoms with van der Waals surface area (Å²) < 4.78 is 23.9. The molecule has 1 fully saturated rings. The molecule has 1 atom stereocenters. The molecule has 0 saturated carbocycles. The molecule has 10 heteroatoms. The summed E-state index contributed by atoms with van der Waals surface area (Å²) in [5, 5.41) is 13.1. The number of non-ortho nitro benzene ring substituents is 1. The molecule has 2 aromatic rings. The van der Waals surface area contributed by atoms with Crippen LogP contribution in [0.25, 0.3) is 0 Å². The van der Waals surface area contributed by atoms with Gasteiger partial charge in [-0.05, 0) is 36.4 Å². The van der Waals surface area contributed by atoms with Gasteiger partial charge in [-0.3, -0.25) is 14.9 Å². The Morgan fingerprint density at radius 1 is 1.41 bits per heavy atom. The lowest BCUT2D eigenvalue weighted by Gasteiger charge is -2.28. The highest BCUT2D eigenvalue weighted by atomic mass is 35.5. The van der Waals surface area contributed by atoms with Gasteiger partial charge in [0.05, 0.1) is 33.6 Å². The Kier molecular flexibility index (Phi) is 5.55. The molecule has 1 aliphatic heterocycles. The van der Waals surface area contributed by atoms with Gasteiger partial charge in [0.15, 0.2) is 9.84 Å². The van der Waals surface area contributed by atoms with Gasteiger partial charge in [0.25, 0.3) is 11.6 Å². The molecule has 1 saturated heterocycles. The number of amides is 1. The van der Waals surface area contributed by atoms with E-state index in [4.69, 9.17) is 11.6 Å². The number of halogens is 1. The van der Waals surface area contributed by atoms with Crippen LogP contribution in [0.5, 0.6) is 0 Å². The number of carbonyl (C=O) groups excluding carboxylic acids is 1. The Morgan fingerprint density at radius 2 is 2.15 bits per heavy atom. The number of hydrogen-bond donors (Lipinski definition) is 0. The second-order valence-corrected chi connectivity index (χ2v) is 10.1. The number of rotatable bonds is 5. The molecule has 1 unspecified atom stereocenters. The van der Waals surface area contributed by atoms with Crippen molar-refractivity contribution in [3.63, 3.8) is 0 Å². The molecule has 0 bridgehead atoms. The van der Waals surface area contributed by atoms with Gasteiger partial charge < -0.3 is 4.90 Å². The third-order valence-electron chi connectivity index (χ3n) is 4.58. The Labute approximate surface area is 165 Å². The van der Waals surface area contributed by atoms with Crippen LogP contribution in [0, 0.1) is 17.0 Å². The van der Waals surface area contributed by atoms with Gasteiger partial charge >= 0.3 is 0 Å². The second-order valence-electron chi connectivity index (χ2n) is 6.44. The van der Waals surface area contributed by atoms with Gasteiger partial charge in [-0.15, -0.1) is 11.3 Å². The molecule has 2 heterocycles. The first-order valence-corrected chi connectivity index (χ1v) is 11.2. The number of thiophene rings is 1. The van der Waals surface area contributed by atoms with Crippen LogP contribution in [-0.2, 0) is 16.4 Å². The molecule has 3 rings (SSSR count). The minimum atomic E-state index is -3.21. The minimum absolute atomic E-state index is 0.00405. The van der Waals surface area contributed by atoms with Crippen molar-refractivity contribution in [1.82, 2.24) is 4.90 Å². The number of nitro groups is 1. The molecule has 1 aromatic heterocycles. The number of aryl methyl sites for hydroxylation is 1. The lowest BCUT2D eigenvalue weighted by molar-refractivity contribution is -0.384. The molecular weight excluding hydrogens is 412 g/mol. The van der Waals surface area contributed by atoms with E-state index in [-0.39, 0.29) is 34.3 Å². The molecule has 1 amide bonds. The Bertz CT molecular complexity index is 1000. The minimum Gasteiger partial charge on any atom is -0.329 e. The maximum absolute atomic E-state index is 13.2. The molecular formula is C17H17ClN2O5S2. The van der Waals surface area contributed by atoms with E-state index in [1.807, 2.05) is 18.4 Å². The Morgan fingerprint density at radius 3 is 2.70 bits per heavy atom. The Hall–Kier alpha value is -1.97. The second kappa shape index (κ2) is 7.57. The quantitative estimate of drug-likeness (QED) is 0.536. The van der Waals surface area contributed by atoms with E-state index in [1.165, 1.54) is 28.4 Å². The van der Waals surface area contributed by atoms with E-state index in [0.29, 0.717) is 6.42 Å². The molecule has 144 valence electrons. The van der Waals surface area contributed by atoms with Crippen LogP contribution in [-0.4, -0.2) is 41.7 Å². The summed E-state index contributed by atoms with van der Waals surface area (Å²) in [5.74, 6) is -0.595. The van der Waals surface area contributed by atoms with Crippen molar-refractivity contribution in [3.05, 3.63) is 60.8 Å². The van der Waals surface area contributed by atoms with Crippen molar-refractivity contribution in [2.45, 2.75) is 25.9 Å². The van der Waals surface area contributed by atoms with E-state index < -0.39 is 26.7 Å². The molecule has 0 N–H and O–H groups in total. The van der Waals surface area contributed by atoms with Crippen LogP contribution in [0.1, 0.15) is 27.2 Å². The fourth-order valence-corrected chi connectivity index (χ4v) is 5.89. The highest BCUT2D eigenvalue weighted by Crippen LogP contribution is 2.29. The SMILES string of the molecule is Cc1ccsc1CN(C(=O)c1cc([N+](=O)[O-])ccc1Cl)C1CCS(=O)(=O)C1. The third-order valence-corrected chi connectivity index (χ3v) is 7.67. The zero-order valence-electron chi connectivity index (χ0n) is 14.4. The summed E-state index contributed by atoms with van der Waals surface area (Å²) in [6.07, 6.45) is 0.338. The molecule has 1 aliphatic rings. The summed E-state index contributed by atoms with van der Waals surface area (Å²) in [5.41, 5.74) is 0.766. The summed E-state index contributed by atoms with van der Waals surface area (Å²) in [6.45, 7) is 2.15. The van der Waals surface area contributed by atoms with Crippen LogP contribution in [0.4, 0.5) is 5.69 Å². The standard InChI is InChI=1S/C17H17ClN2O5S2/c1-11-4-6-26-16(11)9-19(13-5-7-27(24,25)10-13)17(21)14-8-12(20(22)23)2-3-15(14)18/h2-4,6,8,13H,5,7,9-10H2,1H3. The third kappa shape index (κ3) is 4.31. The molecule has 0 aliphatic carbocycles. The van der Waals surface area contributed by atoms with E-state index in [9.17, 15) is 23.3 Å². The van der Waals surface area contributed by atoms with Crippen LogP contribution in [0.2, 0.25) is 5.02 Å². The average Bonchev–Trinajstić information content (AvgIpc) is 3.17. The van der Waals surface area contributed by atoms with E-state index in [1.54, 1.807) is 0 Å². The molecule has 0 radical (unpaired) electrons. The zero-order valence-corrected chi connectivity index (χ0v) is 16.8. The normalized spacial score (nSPS) is 18.4. The predicted octanol–water partition coefficient (Wildman–Crippen LogP) is 3.45. The monoisotopic (exact) mass is 428 g/mol. The highest BCUT2D eigenvalue weighted by molar-refractivity contribution is 7.91. The largest absolute Gasteiger partial charge is 0.329 e. The van der Waals surface area contributed by atoms with Gasteiger partial charge in [0.2, 0.25) is 0 Å². The van der Waals surface area contributed by atoms with E-state index in [0.717, 1.165) is 16.5 Å². The smallest absolute Gasteiger partial charge is 0.270 e. The first-order chi connectivity index (χ1) is 12.7. The summed E-state index contributed by atoms with van der Waals surface area (Å²) in [6, 6.07) is 5.12. The molecule has 27 heavy (non-hydrogen) atoms. The lowest BCUT2D eigenvalue weighted by Crippen LogP contribution is -2.40. The summed E-state index contributed by atoms with van der Waals surface area (Å²) in [4.78, 5) is 26.1. The highest BCUT2D eigenvalue weighted by Gasteiger charge is 2.36. The van der Waals surface area contributed by atoms with E-state index in [2.05, 4.69) is 0 Å². The van der Waals surface area contributed by atoms with Crippen molar-refractivity contribution in [2.75, 3.05) is 11.5 Å². The topological polar surface area (TPSA) is 97.6 Å². The maximum Gasteiger partial charge on any atom is 0.270 e. The fourth-order valence-electron chi connectivity index (χ4n) is 3.05. The molecule has 0 spiro atoms. The Balaban J connectivity index is 1.99. The van der Waals surface area contributed by atoms with Crippen molar-refractivity contribution in [3.8, 4) is 0 Å². The first kappa shape index (κ1) is 19.8. The number of carbonyl (C=O) groups is 1. The number of nitrogens with zero attached hydrogens (tertiary/aromatic N) is 2. The zero-order chi connectivity index (χ0) is 19.8. The number of hydrogen-bond acceptors (Lipinski definition) is 6. The number of benzene rings is 1. The van der Waals surface area contributed by atoms with Gasteiger partial charge in [0, 0.05) is 23.1 Å². The van der Waals surface area contributed by atoms with Gasteiger partial charge in [-0.1, -0.05) is 11.6 Å². The fraction of sp³-hybridized carbons (Fsp3) is 0.353. The van der Waals surface area contributed by atoms with Crippen LogP contribution >= 0.6 is 22.9 Å². The predicted molar refractivity (Wildman–Crippen MR) is 104 cm³/mol. The maximum atomic E-state index is 13.2. The average molecular weight is 429 g/mol. The molecule has 1 aromatic carbocycles. The van der Waals surface area contributed by atoms with Gasteiger partial charge in [0.1, 0.15) is 0 Å². The van der Waals surface area contributed by atoms with Crippen LogP contribution in [0.15, 0.2) is 29.6 Å². The molecule has 7 nitrogen and oxygen atoms in total. The van der Waals surface area contributed by atoms with Gasteiger partial charge in [-0.2, -0.15) is 0 Å².